The molecule has 1 spiro atoms. The van der Waals surface area contributed by atoms with Crippen LogP contribution in [0.25, 0.3) is 10.9 Å². The summed E-state index contributed by atoms with van der Waals surface area (Å²) in [5.41, 5.74) is 1.49. The molecule has 2 aromatic rings. The number of aromatic amines is 1. The summed E-state index contributed by atoms with van der Waals surface area (Å²) in [4.78, 5) is 33.2. The molecule has 0 aliphatic carbocycles. The van der Waals surface area contributed by atoms with Gasteiger partial charge in [-0.3, -0.25) is 9.59 Å². The van der Waals surface area contributed by atoms with Crippen molar-refractivity contribution in [2.45, 2.75) is 38.4 Å². The second-order valence-electron chi connectivity index (χ2n) is 9.27. The summed E-state index contributed by atoms with van der Waals surface area (Å²) >= 11 is 6.06. The Bertz CT molecular complexity index is 998. The Hall–Kier alpha value is -2.09. The topological polar surface area (TPSA) is 74.9 Å². The first-order valence-corrected chi connectivity index (χ1v) is 12.0. The number of nitrogens with one attached hydrogen (secondary N) is 1. The van der Waals surface area contributed by atoms with Gasteiger partial charge in [0.25, 0.3) is 5.91 Å². The van der Waals surface area contributed by atoms with Gasteiger partial charge in [-0.2, -0.15) is 0 Å². The van der Waals surface area contributed by atoms with Crippen LogP contribution in [0.1, 0.15) is 43.1 Å². The van der Waals surface area contributed by atoms with Crippen molar-refractivity contribution in [3.63, 3.8) is 0 Å². The maximum absolute atomic E-state index is 13.1. The second-order valence-corrected chi connectivity index (χ2v) is 9.70. The third-order valence-electron chi connectivity index (χ3n) is 7.39. The molecule has 1 aromatic heterocycles. The normalized spacial score (nSPS) is 22.6. The fraction of sp³-hybridized carbons (Fsp3) is 0.583. The van der Waals surface area contributed by atoms with E-state index in [4.69, 9.17) is 21.1 Å². The van der Waals surface area contributed by atoms with Gasteiger partial charge in [0.15, 0.2) is 5.79 Å². The molecule has 8 heteroatoms. The first kappa shape index (κ1) is 21.7. The SMILES string of the molecule is C[C@H](C(=O)N1CCC2(CC1)OCCO2)C1CCN(C(=O)c2cc3cc(Cl)ccc3[nH]2)CC1. The number of H-pyrrole nitrogens is 1. The Labute approximate surface area is 193 Å². The van der Waals surface area contributed by atoms with Gasteiger partial charge in [-0.15, -0.1) is 0 Å². The largest absolute Gasteiger partial charge is 0.351 e. The van der Waals surface area contributed by atoms with E-state index in [0.29, 0.717) is 56.0 Å². The Balaban J connectivity index is 1.15. The number of likely N-dealkylation sites (tertiary alicyclic amines) is 2. The van der Waals surface area contributed by atoms with Gasteiger partial charge in [0.1, 0.15) is 5.69 Å². The molecular formula is C24H30ClN3O4. The van der Waals surface area contributed by atoms with Crippen molar-refractivity contribution >= 4 is 34.3 Å². The number of piperidine rings is 2. The number of benzene rings is 1. The highest BCUT2D eigenvalue weighted by Gasteiger charge is 2.42. The minimum Gasteiger partial charge on any atom is -0.351 e. The van der Waals surface area contributed by atoms with Crippen LogP contribution < -0.4 is 0 Å². The molecule has 3 fully saturated rings. The van der Waals surface area contributed by atoms with Gasteiger partial charge >= 0.3 is 0 Å². The molecule has 0 radical (unpaired) electrons. The van der Waals surface area contributed by atoms with Crippen molar-refractivity contribution < 1.29 is 19.1 Å². The van der Waals surface area contributed by atoms with Gasteiger partial charge < -0.3 is 24.3 Å². The fourth-order valence-electron chi connectivity index (χ4n) is 5.33. The average molecular weight is 460 g/mol. The summed E-state index contributed by atoms with van der Waals surface area (Å²) < 4.78 is 11.6. The quantitative estimate of drug-likeness (QED) is 0.759. The third-order valence-corrected chi connectivity index (χ3v) is 7.62. The van der Waals surface area contributed by atoms with Gasteiger partial charge in [-0.05, 0) is 43.0 Å². The van der Waals surface area contributed by atoms with Crippen LogP contribution in [0.3, 0.4) is 0 Å². The van der Waals surface area contributed by atoms with Crippen molar-refractivity contribution in [1.29, 1.82) is 0 Å². The zero-order chi connectivity index (χ0) is 22.3. The number of carbonyl (C=O) groups is 2. The summed E-state index contributed by atoms with van der Waals surface area (Å²) in [6.45, 7) is 6.04. The van der Waals surface area contributed by atoms with Crippen molar-refractivity contribution in [1.82, 2.24) is 14.8 Å². The monoisotopic (exact) mass is 459 g/mol. The van der Waals surface area contributed by atoms with Gasteiger partial charge in [-0.25, -0.2) is 0 Å². The molecule has 0 bridgehead atoms. The molecule has 2 amide bonds. The number of carbonyl (C=O) groups excluding carboxylic acids is 2. The lowest BCUT2D eigenvalue weighted by Gasteiger charge is -2.40. The number of rotatable bonds is 3. The highest BCUT2D eigenvalue weighted by molar-refractivity contribution is 6.31. The Morgan fingerprint density at radius 3 is 2.44 bits per heavy atom. The zero-order valence-electron chi connectivity index (χ0n) is 18.4. The maximum Gasteiger partial charge on any atom is 0.270 e. The smallest absolute Gasteiger partial charge is 0.270 e. The number of aromatic nitrogens is 1. The molecule has 0 saturated carbocycles. The predicted octanol–water partition coefficient (Wildman–Crippen LogP) is 3.68. The lowest BCUT2D eigenvalue weighted by molar-refractivity contribution is -0.188. The van der Waals surface area contributed by atoms with Crippen molar-refractivity contribution in [2.75, 3.05) is 39.4 Å². The van der Waals surface area contributed by atoms with Crippen LogP contribution in [0, 0.1) is 11.8 Å². The third kappa shape index (κ3) is 4.14. The Morgan fingerprint density at radius 2 is 1.75 bits per heavy atom. The van der Waals surface area contributed by atoms with E-state index in [1.807, 2.05) is 41.0 Å². The van der Waals surface area contributed by atoms with Crippen LogP contribution in [-0.4, -0.2) is 71.8 Å². The average Bonchev–Trinajstić information content (AvgIpc) is 3.45. The molecule has 5 rings (SSSR count). The molecule has 1 N–H and O–H groups in total. The molecule has 7 nitrogen and oxygen atoms in total. The van der Waals surface area contributed by atoms with Crippen LogP contribution in [0.4, 0.5) is 0 Å². The number of fused-ring (bicyclic) bond motifs is 1. The molecule has 3 saturated heterocycles. The van der Waals surface area contributed by atoms with Crippen LogP contribution >= 0.6 is 11.6 Å². The van der Waals surface area contributed by atoms with E-state index in [0.717, 1.165) is 36.6 Å². The lowest BCUT2D eigenvalue weighted by atomic mass is 9.84. The first-order chi connectivity index (χ1) is 15.4. The number of halogens is 1. The van der Waals surface area contributed by atoms with Gasteiger partial charge in [0.05, 0.1) is 13.2 Å². The van der Waals surface area contributed by atoms with Crippen LogP contribution in [0.15, 0.2) is 24.3 Å². The number of amides is 2. The standard InChI is InChI=1S/C24H30ClN3O4/c1-16(22(29)28-10-6-24(7-11-28)31-12-13-32-24)17-4-8-27(9-5-17)23(30)21-15-18-14-19(25)2-3-20(18)26-21/h2-3,14-17,26H,4-13H2,1H3/t16-/m0/s1. The van der Waals surface area contributed by atoms with Crippen molar-refractivity contribution in [2.24, 2.45) is 11.8 Å². The minimum atomic E-state index is -0.459. The molecule has 0 unspecified atom stereocenters. The first-order valence-electron chi connectivity index (χ1n) is 11.6. The van der Waals surface area contributed by atoms with E-state index in [9.17, 15) is 9.59 Å². The van der Waals surface area contributed by atoms with Crippen LogP contribution in [-0.2, 0) is 14.3 Å². The number of nitrogens with zero attached hydrogens (tertiary/aromatic N) is 2. The fourth-order valence-corrected chi connectivity index (χ4v) is 5.52. The molecule has 172 valence electrons. The van der Waals surface area contributed by atoms with Gasteiger partial charge in [0.2, 0.25) is 5.91 Å². The van der Waals surface area contributed by atoms with Crippen LogP contribution in [0.5, 0.6) is 0 Å². The second kappa shape index (κ2) is 8.69. The number of hydrogen-bond donors (Lipinski definition) is 1. The summed E-state index contributed by atoms with van der Waals surface area (Å²) in [5.74, 6) is 0.0206. The number of hydrogen-bond acceptors (Lipinski definition) is 4. The highest BCUT2D eigenvalue weighted by Crippen LogP contribution is 2.33. The van der Waals surface area contributed by atoms with Gasteiger partial charge in [-0.1, -0.05) is 18.5 Å². The summed E-state index contributed by atoms with van der Waals surface area (Å²) in [6, 6.07) is 7.43. The minimum absolute atomic E-state index is 0.00708. The Kier molecular flexibility index (Phi) is 5.90. The van der Waals surface area contributed by atoms with E-state index in [1.54, 1.807) is 0 Å². The van der Waals surface area contributed by atoms with Gasteiger partial charge in [0, 0.05) is 60.9 Å². The zero-order valence-corrected chi connectivity index (χ0v) is 19.2. The van der Waals surface area contributed by atoms with E-state index in [1.165, 1.54) is 0 Å². The van der Waals surface area contributed by atoms with E-state index >= 15 is 0 Å². The van der Waals surface area contributed by atoms with E-state index in [2.05, 4.69) is 4.98 Å². The van der Waals surface area contributed by atoms with Crippen LogP contribution in [0.2, 0.25) is 5.02 Å². The summed E-state index contributed by atoms with van der Waals surface area (Å²) in [6.07, 6.45) is 3.17. The molecule has 4 heterocycles. The molecule has 1 aromatic carbocycles. The molecular weight excluding hydrogens is 430 g/mol. The van der Waals surface area contributed by atoms with Crippen molar-refractivity contribution in [3.8, 4) is 0 Å². The molecule has 1 atom stereocenters. The Morgan fingerprint density at radius 1 is 1.06 bits per heavy atom. The highest BCUT2D eigenvalue weighted by atomic mass is 35.5. The number of ether oxygens (including phenoxy) is 2. The maximum atomic E-state index is 13.1. The predicted molar refractivity (Wildman–Crippen MR) is 122 cm³/mol. The molecule has 3 aliphatic rings. The van der Waals surface area contributed by atoms with E-state index in [-0.39, 0.29) is 17.7 Å². The molecule has 32 heavy (non-hydrogen) atoms. The van der Waals surface area contributed by atoms with E-state index < -0.39 is 5.79 Å². The molecule has 3 aliphatic heterocycles. The lowest BCUT2D eigenvalue weighted by Crippen LogP contribution is -2.50. The summed E-state index contributed by atoms with van der Waals surface area (Å²) in [7, 11) is 0. The summed E-state index contributed by atoms with van der Waals surface area (Å²) in [5, 5.41) is 1.59. The van der Waals surface area contributed by atoms with Crippen molar-refractivity contribution in [3.05, 3.63) is 35.0 Å².